The minimum atomic E-state index is -1.12. The van der Waals surface area contributed by atoms with Crippen LogP contribution in [0.15, 0.2) is 24.3 Å². The minimum absolute atomic E-state index is 0.439. The lowest BCUT2D eigenvalue weighted by Gasteiger charge is -2.07. The Kier molecular flexibility index (Phi) is 3.93. The van der Waals surface area contributed by atoms with Gasteiger partial charge in [0.25, 0.3) is 0 Å². The summed E-state index contributed by atoms with van der Waals surface area (Å²) in [5, 5.41) is -1.09. The molecule has 0 heterocycles. The van der Waals surface area contributed by atoms with E-state index >= 15 is 0 Å². The third-order valence-electron chi connectivity index (χ3n) is 1.66. The highest BCUT2D eigenvalue weighted by molar-refractivity contribution is 6.74. The molecule has 2 nitrogen and oxygen atoms in total. The number of carbonyl (C=O) groups excluding carboxylic acids is 2. The Bertz CT molecular complexity index is 345. The van der Waals surface area contributed by atoms with Gasteiger partial charge >= 0.3 is 0 Å². The summed E-state index contributed by atoms with van der Waals surface area (Å²) >= 11 is 16.1. The molecule has 0 fully saturated rings. The van der Waals surface area contributed by atoms with Crippen LogP contribution in [0.4, 0.5) is 0 Å². The summed E-state index contributed by atoms with van der Waals surface area (Å²) < 4.78 is 0. The molecule has 0 unspecified atom stereocenters. The van der Waals surface area contributed by atoms with Crippen molar-refractivity contribution >= 4 is 45.3 Å². The monoisotopic (exact) mass is 250 g/mol. The maximum Gasteiger partial charge on any atom is 0.237 e. The normalized spacial score (nSPS) is 10.3. The van der Waals surface area contributed by atoms with Crippen LogP contribution in [0.3, 0.4) is 0 Å². The number of hydrogen-bond acceptors (Lipinski definition) is 2. The van der Waals surface area contributed by atoms with E-state index in [1.165, 1.54) is 12.1 Å². The van der Waals surface area contributed by atoms with E-state index in [4.69, 9.17) is 34.8 Å². The smallest absolute Gasteiger partial charge is 0.237 e. The van der Waals surface area contributed by atoms with E-state index in [1.807, 2.05) is 0 Å². The van der Waals surface area contributed by atoms with E-state index in [-0.39, 0.29) is 0 Å². The molecule has 1 aromatic carbocycles. The van der Waals surface area contributed by atoms with Crippen LogP contribution in [-0.2, 0) is 9.59 Å². The summed E-state index contributed by atoms with van der Waals surface area (Å²) in [5.41, 5.74) is 0.439. The van der Waals surface area contributed by atoms with Crippen molar-refractivity contribution in [2.45, 2.75) is 5.92 Å². The molecular weight excluding hydrogens is 246 g/mol. The van der Waals surface area contributed by atoms with Crippen LogP contribution in [0.5, 0.6) is 0 Å². The Hall–Kier alpha value is -0.570. The van der Waals surface area contributed by atoms with E-state index in [9.17, 15) is 9.59 Å². The van der Waals surface area contributed by atoms with Crippen molar-refractivity contribution in [3.8, 4) is 0 Å². The molecular formula is C9H5Cl3O2. The molecule has 14 heavy (non-hydrogen) atoms. The van der Waals surface area contributed by atoms with Gasteiger partial charge in [0.2, 0.25) is 10.5 Å². The maximum atomic E-state index is 10.9. The average molecular weight is 251 g/mol. The Morgan fingerprint density at radius 3 is 1.79 bits per heavy atom. The molecule has 0 aromatic heterocycles. The Balaban J connectivity index is 3.06. The molecule has 0 amide bonds. The number of halogens is 3. The fraction of sp³-hybridized carbons (Fsp3) is 0.111. The first-order valence-electron chi connectivity index (χ1n) is 3.66. The molecule has 0 saturated heterocycles. The standard InChI is InChI=1S/C9H5Cl3O2/c10-6-3-1-5(2-4-6)7(8(11)13)9(12)14/h1-4,7H. The van der Waals surface area contributed by atoms with Crippen LogP contribution in [0.2, 0.25) is 5.02 Å². The first kappa shape index (κ1) is 11.5. The van der Waals surface area contributed by atoms with Gasteiger partial charge in [0.15, 0.2) is 0 Å². The molecule has 0 radical (unpaired) electrons. The van der Waals surface area contributed by atoms with Gasteiger partial charge in [-0.3, -0.25) is 9.59 Å². The maximum absolute atomic E-state index is 10.9. The van der Waals surface area contributed by atoms with Crippen molar-refractivity contribution in [1.82, 2.24) is 0 Å². The topological polar surface area (TPSA) is 34.1 Å². The summed E-state index contributed by atoms with van der Waals surface area (Å²) in [4.78, 5) is 21.8. The van der Waals surface area contributed by atoms with Gasteiger partial charge in [-0.2, -0.15) is 0 Å². The molecule has 0 bridgehead atoms. The van der Waals surface area contributed by atoms with Gasteiger partial charge in [-0.1, -0.05) is 23.7 Å². The second kappa shape index (κ2) is 4.78. The molecule has 0 N–H and O–H groups in total. The molecule has 0 spiro atoms. The number of rotatable bonds is 3. The number of carbonyl (C=O) groups is 2. The van der Waals surface area contributed by atoms with Crippen LogP contribution in [0, 0.1) is 0 Å². The summed E-state index contributed by atoms with van der Waals surface area (Å²) in [6.07, 6.45) is 0. The molecule has 74 valence electrons. The van der Waals surface area contributed by atoms with Gasteiger partial charge in [0, 0.05) is 5.02 Å². The zero-order chi connectivity index (χ0) is 10.7. The zero-order valence-electron chi connectivity index (χ0n) is 6.84. The Labute approximate surface area is 95.8 Å². The van der Waals surface area contributed by atoms with Crippen molar-refractivity contribution in [1.29, 1.82) is 0 Å². The van der Waals surface area contributed by atoms with Crippen LogP contribution in [0.25, 0.3) is 0 Å². The second-order valence-corrected chi connectivity index (χ2v) is 3.77. The molecule has 1 aromatic rings. The lowest BCUT2D eigenvalue weighted by atomic mass is 10.0. The van der Waals surface area contributed by atoms with E-state index in [2.05, 4.69) is 0 Å². The van der Waals surface area contributed by atoms with Gasteiger partial charge < -0.3 is 0 Å². The highest BCUT2D eigenvalue weighted by atomic mass is 35.5. The summed E-state index contributed by atoms with van der Waals surface area (Å²) in [6, 6.07) is 6.19. The van der Waals surface area contributed by atoms with Crippen molar-refractivity contribution in [2.24, 2.45) is 0 Å². The second-order valence-electron chi connectivity index (χ2n) is 2.59. The van der Waals surface area contributed by atoms with E-state index in [1.54, 1.807) is 12.1 Å². The number of benzene rings is 1. The predicted molar refractivity (Wildman–Crippen MR) is 55.9 cm³/mol. The summed E-state index contributed by atoms with van der Waals surface area (Å²) in [6.45, 7) is 0. The third-order valence-corrected chi connectivity index (χ3v) is 2.35. The first-order chi connectivity index (χ1) is 6.52. The molecule has 5 heteroatoms. The average Bonchev–Trinajstić information content (AvgIpc) is 2.07. The van der Waals surface area contributed by atoms with E-state index in [0.717, 1.165) is 0 Å². The molecule has 0 saturated carbocycles. The number of hydrogen-bond donors (Lipinski definition) is 0. The fourth-order valence-corrected chi connectivity index (χ4v) is 1.64. The molecule has 0 aliphatic heterocycles. The van der Waals surface area contributed by atoms with Crippen molar-refractivity contribution in [3.63, 3.8) is 0 Å². The quantitative estimate of drug-likeness (QED) is 0.611. The van der Waals surface area contributed by atoms with Gasteiger partial charge in [-0.25, -0.2) is 0 Å². The molecule has 0 aliphatic rings. The molecule has 0 atom stereocenters. The summed E-state index contributed by atoms with van der Waals surface area (Å²) in [7, 11) is 0. The van der Waals surface area contributed by atoms with Crippen LogP contribution >= 0.6 is 34.8 Å². The van der Waals surface area contributed by atoms with Crippen LogP contribution in [0.1, 0.15) is 11.5 Å². The Morgan fingerprint density at radius 2 is 1.43 bits per heavy atom. The Morgan fingerprint density at radius 1 is 1.00 bits per heavy atom. The fourth-order valence-electron chi connectivity index (χ4n) is 1.01. The van der Waals surface area contributed by atoms with Crippen molar-refractivity contribution in [3.05, 3.63) is 34.9 Å². The molecule has 1 rings (SSSR count). The van der Waals surface area contributed by atoms with Gasteiger partial charge in [-0.05, 0) is 40.9 Å². The SMILES string of the molecule is O=C(Cl)C(C(=O)Cl)c1ccc(Cl)cc1. The largest absolute Gasteiger partial charge is 0.280 e. The first-order valence-corrected chi connectivity index (χ1v) is 4.80. The lowest BCUT2D eigenvalue weighted by molar-refractivity contribution is -0.120. The highest BCUT2D eigenvalue weighted by Crippen LogP contribution is 2.23. The van der Waals surface area contributed by atoms with Crippen LogP contribution in [-0.4, -0.2) is 10.5 Å². The van der Waals surface area contributed by atoms with Gasteiger partial charge in [0.05, 0.1) is 0 Å². The van der Waals surface area contributed by atoms with E-state index in [0.29, 0.717) is 10.6 Å². The van der Waals surface area contributed by atoms with Gasteiger partial charge in [-0.15, -0.1) is 0 Å². The predicted octanol–water partition coefficient (Wildman–Crippen LogP) is 2.95. The van der Waals surface area contributed by atoms with Crippen molar-refractivity contribution < 1.29 is 9.59 Å². The minimum Gasteiger partial charge on any atom is -0.280 e. The van der Waals surface area contributed by atoms with Gasteiger partial charge in [0.1, 0.15) is 5.92 Å². The van der Waals surface area contributed by atoms with E-state index < -0.39 is 16.4 Å². The van der Waals surface area contributed by atoms with Crippen molar-refractivity contribution in [2.75, 3.05) is 0 Å². The molecule has 0 aliphatic carbocycles. The van der Waals surface area contributed by atoms with Crippen LogP contribution < -0.4 is 0 Å². The lowest BCUT2D eigenvalue weighted by Crippen LogP contribution is -2.13. The third kappa shape index (κ3) is 2.71. The highest BCUT2D eigenvalue weighted by Gasteiger charge is 2.25. The zero-order valence-corrected chi connectivity index (χ0v) is 9.10. The summed E-state index contributed by atoms with van der Waals surface area (Å²) in [5.74, 6) is -1.12.